The Kier molecular flexibility index (Phi) is 4.20. The molecule has 0 saturated heterocycles. The summed E-state index contributed by atoms with van der Waals surface area (Å²) < 4.78 is 4.44. The molecule has 5 nitrogen and oxygen atoms in total. The third-order valence-corrected chi connectivity index (χ3v) is 2.59. The van der Waals surface area contributed by atoms with E-state index in [9.17, 15) is 9.59 Å². The summed E-state index contributed by atoms with van der Waals surface area (Å²) in [6.45, 7) is -0.135. The van der Waals surface area contributed by atoms with Crippen LogP contribution in [0.4, 0.5) is 0 Å². The molecule has 0 atom stereocenters. The Morgan fingerprint density at radius 3 is 2.56 bits per heavy atom. The van der Waals surface area contributed by atoms with E-state index in [2.05, 4.69) is 9.72 Å². The van der Waals surface area contributed by atoms with Crippen LogP contribution in [0.2, 0.25) is 10.2 Å². The fourth-order valence-electron chi connectivity index (χ4n) is 1.05. The summed E-state index contributed by atoms with van der Waals surface area (Å²) in [6, 6.07) is 1.40. The minimum atomic E-state index is -0.500. The molecule has 1 N–H and O–H groups in total. The lowest BCUT2D eigenvalue weighted by atomic mass is 10.4. The van der Waals surface area contributed by atoms with E-state index < -0.39 is 5.97 Å². The maximum atomic E-state index is 11.7. The van der Waals surface area contributed by atoms with Crippen molar-refractivity contribution in [3.8, 4) is 0 Å². The van der Waals surface area contributed by atoms with Gasteiger partial charge in [0.2, 0.25) is 0 Å². The van der Waals surface area contributed by atoms with Crippen molar-refractivity contribution < 1.29 is 14.3 Å². The molecular weight excluding hydrogens is 255 g/mol. The molecule has 0 fully saturated rings. The summed E-state index contributed by atoms with van der Waals surface area (Å²) >= 11 is 11.3. The van der Waals surface area contributed by atoms with Crippen molar-refractivity contribution >= 4 is 35.1 Å². The van der Waals surface area contributed by atoms with Gasteiger partial charge >= 0.3 is 5.97 Å². The molecule has 0 unspecified atom stereocenters. The number of aromatic amines is 1. The third kappa shape index (κ3) is 2.90. The first-order chi connectivity index (χ1) is 7.45. The van der Waals surface area contributed by atoms with Gasteiger partial charge in [0.15, 0.2) is 0 Å². The highest BCUT2D eigenvalue weighted by Gasteiger charge is 2.18. The van der Waals surface area contributed by atoms with Crippen LogP contribution in [0.25, 0.3) is 0 Å². The van der Waals surface area contributed by atoms with Crippen LogP contribution in [0.15, 0.2) is 6.07 Å². The number of likely N-dealkylation sites (N-methyl/N-ethyl adjacent to an activating group) is 1. The van der Waals surface area contributed by atoms with Crippen LogP contribution in [0, 0.1) is 0 Å². The van der Waals surface area contributed by atoms with Crippen LogP contribution < -0.4 is 0 Å². The monoisotopic (exact) mass is 264 g/mol. The first kappa shape index (κ1) is 12.9. The van der Waals surface area contributed by atoms with Crippen molar-refractivity contribution in [1.82, 2.24) is 9.88 Å². The molecule has 0 spiro atoms. The van der Waals surface area contributed by atoms with Crippen LogP contribution in [0.3, 0.4) is 0 Å². The zero-order valence-electron chi connectivity index (χ0n) is 8.71. The number of nitrogens with one attached hydrogen (secondary N) is 1. The fraction of sp³-hybridized carbons (Fsp3) is 0.333. The average Bonchev–Trinajstić information content (AvgIpc) is 2.57. The van der Waals surface area contributed by atoms with Crippen molar-refractivity contribution in [2.24, 2.45) is 0 Å². The molecule has 1 rings (SSSR count). The van der Waals surface area contributed by atoms with Crippen molar-refractivity contribution in [1.29, 1.82) is 0 Å². The predicted octanol–water partition coefficient (Wildman–Crippen LogP) is 1.57. The second-order valence-corrected chi connectivity index (χ2v) is 3.87. The number of rotatable bonds is 3. The maximum Gasteiger partial charge on any atom is 0.325 e. The van der Waals surface area contributed by atoms with Gasteiger partial charge in [-0.25, -0.2) is 0 Å². The summed E-state index contributed by atoms with van der Waals surface area (Å²) in [5.41, 5.74) is 0.224. The van der Waals surface area contributed by atoms with Crippen LogP contribution in [0.1, 0.15) is 10.5 Å². The summed E-state index contributed by atoms with van der Waals surface area (Å²) in [4.78, 5) is 26.5. The lowest BCUT2D eigenvalue weighted by Crippen LogP contribution is -2.32. The summed E-state index contributed by atoms with van der Waals surface area (Å²) in [6.07, 6.45) is 0. The van der Waals surface area contributed by atoms with Gasteiger partial charge in [0.25, 0.3) is 5.91 Å². The van der Waals surface area contributed by atoms with Gasteiger partial charge in [0.05, 0.1) is 12.1 Å². The molecule has 0 aliphatic heterocycles. The van der Waals surface area contributed by atoms with Crippen molar-refractivity contribution in [3.63, 3.8) is 0 Å². The van der Waals surface area contributed by atoms with E-state index in [-0.39, 0.29) is 28.3 Å². The number of halogens is 2. The van der Waals surface area contributed by atoms with Crippen molar-refractivity contribution in [2.75, 3.05) is 20.7 Å². The minimum absolute atomic E-state index is 0.135. The largest absolute Gasteiger partial charge is 0.468 e. The Morgan fingerprint density at radius 2 is 2.12 bits per heavy atom. The van der Waals surface area contributed by atoms with Crippen LogP contribution in [0.5, 0.6) is 0 Å². The highest BCUT2D eigenvalue weighted by atomic mass is 35.5. The van der Waals surface area contributed by atoms with Gasteiger partial charge < -0.3 is 14.6 Å². The van der Waals surface area contributed by atoms with Crippen molar-refractivity contribution in [3.05, 3.63) is 21.9 Å². The lowest BCUT2D eigenvalue weighted by molar-refractivity contribution is -0.141. The average molecular weight is 265 g/mol. The number of aromatic nitrogens is 1. The topological polar surface area (TPSA) is 62.4 Å². The molecule has 0 aromatic carbocycles. The second-order valence-electron chi connectivity index (χ2n) is 3.08. The number of carbonyl (C=O) groups excluding carboxylic acids is 2. The molecule has 1 heterocycles. The van der Waals surface area contributed by atoms with Gasteiger partial charge in [-0.2, -0.15) is 0 Å². The number of nitrogens with zero attached hydrogens (tertiary/aromatic N) is 1. The number of H-pyrrole nitrogens is 1. The molecule has 88 valence electrons. The van der Waals surface area contributed by atoms with Gasteiger partial charge in [0.1, 0.15) is 17.4 Å². The molecule has 0 radical (unpaired) electrons. The predicted molar refractivity (Wildman–Crippen MR) is 59.8 cm³/mol. The number of esters is 1. The standard InChI is InChI=1S/C9H10Cl2N2O3/c1-13(4-7(14)16-2)9(15)6-3-5(10)8(11)12-6/h3,12H,4H2,1-2H3. The number of ether oxygens (including phenoxy) is 1. The number of carbonyl (C=O) groups is 2. The number of methoxy groups -OCH3 is 1. The molecular formula is C9H10Cl2N2O3. The molecule has 0 saturated carbocycles. The highest BCUT2D eigenvalue weighted by Crippen LogP contribution is 2.22. The van der Waals surface area contributed by atoms with Crippen LogP contribution >= 0.6 is 23.2 Å². The summed E-state index contributed by atoms with van der Waals surface area (Å²) in [5.74, 6) is -0.890. The minimum Gasteiger partial charge on any atom is -0.468 e. The Balaban J connectivity index is 2.74. The first-order valence-electron chi connectivity index (χ1n) is 4.32. The third-order valence-electron chi connectivity index (χ3n) is 1.90. The molecule has 0 bridgehead atoms. The lowest BCUT2D eigenvalue weighted by Gasteiger charge is -2.14. The van der Waals surface area contributed by atoms with Crippen LogP contribution in [-0.4, -0.2) is 42.5 Å². The van der Waals surface area contributed by atoms with E-state index >= 15 is 0 Å². The molecule has 16 heavy (non-hydrogen) atoms. The zero-order chi connectivity index (χ0) is 12.3. The van der Waals surface area contributed by atoms with Crippen molar-refractivity contribution in [2.45, 2.75) is 0 Å². The highest BCUT2D eigenvalue weighted by molar-refractivity contribution is 6.41. The molecule has 1 aromatic heterocycles. The van der Waals surface area contributed by atoms with E-state index in [1.54, 1.807) is 0 Å². The molecule has 1 amide bonds. The number of amides is 1. The van der Waals surface area contributed by atoms with E-state index in [1.165, 1.54) is 25.1 Å². The van der Waals surface area contributed by atoms with Crippen LogP contribution in [-0.2, 0) is 9.53 Å². The van der Waals surface area contributed by atoms with E-state index in [4.69, 9.17) is 23.2 Å². The van der Waals surface area contributed by atoms with Gasteiger partial charge in [0, 0.05) is 7.05 Å². The Bertz CT molecular complexity index is 397. The Hall–Kier alpha value is -1.20. The second kappa shape index (κ2) is 5.23. The number of hydrogen-bond donors (Lipinski definition) is 1. The van der Waals surface area contributed by atoms with E-state index in [1.807, 2.05) is 0 Å². The SMILES string of the molecule is COC(=O)CN(C)C(=O)c1cc(Cl)c(Cl)[nH]1. The summed E-state index contributed by atoms with van der Waals surface area (Å²) in [7, 11) is 2.73. The van der Waals surface area contributed by atoms with Gasteiger partial charge in [-0.05, 0) is 6.07 Å². The molecule has 7 heteroatoms. The van der Waals surface area contributed by atoms with E-state index in [0.29, 0.717) is 0 Å². The normalized spacial score (nSPS) is 10.0. The molecule has 1 aromatic rings. The Morgan fingerprint density at radius 1 is 1.50 bits per heavy atom. The van der Waals surface area contributed by atoms with Gasteiger partial charge in [-0.3, -0.25) is 9.59 Å². The fourth-order valence-corrected chi connectivity index (χ4v) is 1.37. The van der Waals surface area contributed by atoms with Gasteiger partial charge in [-0.15, -0.1) is 0 Å². The first-order valence-corrected chi connectivity index (χ1v) is 5.07. The molecule has 0 aliphatic rings. The Labute approximate surface area is 102 Å². The quantitative estimate of drug-likeness (QED) is 0.844. The maximum absolute atomic E-state index is 11.7. The van der Waals surface area contributed by atoms with E-state index in [0.717, 1.165) is 0 Å². The zero-order valence-corrected chi connectivity index (χ0v) is 10.2. The number of hydrogen-bond acceptors (Lipinski definition) is 3. The van der Waals surface area contributed by atoms with Gasteiger partial charge in [-0.1, -0.05) is 23.2 Å². The smallest absolute Gasteiger partial charge is 0.325 e. The summed E-state index contributed by atoms with van der Waals surface area (Å²) in [5, 5.41) is 0.452. The molecule has 0 aliphatic carbocycles.